The van der Waals surface area contributed by atoms with E-state index >= 15 is 0 Å². The molecule has 0 aromatic heterocycles. The first-order chi connectivity index (χ1) is 7.41. The van der Waals surface area contributed by atoms with E-state index in [1.807, 2.05) is 0 Å². The van der Waals surface area contributed by atoms with E-state index in [4.69, 9.17) is 5.73 Å². The van der Waals surface area contributed by atoms with Crippen LogP contribution in [-0.4, -0.2) is 19.6 Å². The van der Waals surface area contributed by atoms with Crippen LogP contribution in [0.15, 0.2) is 28.0 Å². The molecule has 1 atom stereocenters. The number of hydrogen-bond donors (Lipinski definition) is 2. The highest BCUT2D eigenvalue weighted by Crippen LogP contribution is 2.36. The predicted octanol–water partition coefficient (Wildman–Crippen LogP) is 1.26. The van der Waals surface area contributed by atoms with Gasteiger partial charge >= 0.3 is 0 Å². The SMILES string of the molecule is CC(N)CC1=Cc2ccc(O)cc2S1(=O)=O. The zero-order valence-electron chi connectivity index (χ0n) is 8.84. The molecule has 0 bridgehead atoms. The van der Waals surface area contributed by atoms with Gasteiger partial charge in [-0.05, 0) is 43.2 Å². The predicted molar refractivity (Wildman–Crippen MR) is 61.5 cm³/mol. The van der Waals surface area contributed by atoms with Crippen LogP contribution in [0.4, 0.5) is 0 Å². The number of sulfone groups is 1. The van der Waals surface area contributed by atoms with Crippen LogP contribution in [0, 0.1) is 0 Å². The van der Waals surface area contributed by atoms with Gasteiger partial charge in [-0.25, -0.2) is 8.42 Å². The maximum atomic E-state index is 12.0. The van der Waals surface area contributed by atoms with Crippen molar-refractivity contribution in [3.63, 3.8) is 0 Å². The second-order valence-electron chi connectivity index (χ2n) is 4.02. The van der Waals surface area contributed by atoms with Crippen LogP contribution in [-0.2, 0) is 9.84 Å². The minimum Gasteiger partial charge on any atom is -0.508 e. The van der Waals surface area contributed by atoms with Gasteiger partial charge in [0.15, 0.2) is 0 Å². The van der Waals surface area contributed by atoms with Crippen LogP contribution in [0.3, 0.4) is 0 Å². The molecule has 16 heavy (non-hydrogen) atoms. The van der Waals surface area contributed by atoms with Gasteiger partial charge in [-0.15, -0.1) is 0 Å². The second kappa shape index (κ2) is 3.61. The van der Waals surface area contributed by atoms with E-state index in [1.54, 1.807) is 19.1 Å². The summed E-state index contributed by atoms with van der Waals surface area (Å²) in [6.07, 6.45) is 1.94. The summed E-state index contributed by atoms with van der Waals surface area (Å²) >= 11 is 0. The van der Waals surface area contributed by atoms with Crippen molar-refractivity contribution in [2.24, 2.45) is 5.73 Å². The van der Waals surface area contributed by atoms with Crippen LogP contribution >= 0.6 is 0 Å². The fraction of sp³-hybridized carbons (Fsp3) is 0.273. The summed E-state index contributed by atoms with van der Waals surface area (Å²) < 4.78 is 24.1. The summed E-state index contributed by atoms with van der Waals surface area (Å²) in [5.74, 6) is -0.0437. The number of phenols is 1. The smallest absolute Gasteiger partial charge is 0.203 e. The molecule has 1 aromatic rings. The number of rotatable bonds is 2. The second-order valence-corrected chi connectivity index (χ2v) is 5.99. The Bertz CT molecular complexity index is 559. The number of hydrogen-bond acceptors (Lipinski definition) is 4. The molecular formula is C11H13NO3S. The number of phenolic OH excluding ortho intramolecular Hbond substituents is 1. The summed E-state index contributed by atoms with van der Waals surface area (Å²) in [5, 5.41) is 9.28. The molecule has 1 unspecified atom stereocenters. The third-order valence-corrected chi connectivity index (χ3v) is 4.38. The van der Waals surface area contributed by atoms with Crippen molar-refractivity contribution >= 4 is 15.9 Å². The molecule has 0 fully saturated rings. The molecule has 5 heteroatoms. The Labute approximate surface area is 94.3 Å². The molecule has 0 radical (unpaired) electrons. The van der Waals surface area contributed by atoms with Gasteiger partial charge in [-0.1, -0.05) is 0 Å². The molecule has 0 aliphatic carbocycles. The van der Waals surface area contributed by atoms with Gasteiger partial charge in [0.25, 0.3) is 0 Å². The van der Waals surface area contributed by atoms with Crippen molar-refractivity contribution in [1.29, 1.82) is 0 Å². The lowest BCUT2D eigenvalue weighted by molar-refractivity contribution is 0.473. The van der Waals surface area contributed by atoms with E-state index in [0.29, 0.717) is 16.9 Å². The van der Waals surface area contributed by atoms with E-state index < -0.39 is 9.84 Å². The van der Waals surface area contributed by atoms with Crippen molar-refractivity contribution in [3.05, 3.63) is 28.7 Å². The highest BCUT2D eigenvalue weighted by atomic mass is 32.2. The first kappa shape index (κ1) is 11.2. The molecule has 0 amide bonds. The first-order valence-electron chi connectivity index (χ1n) is 4.95. The van der Waals surface area contributed by atoms with Crippen LogP contribution in [0.2, 0.25) is 0 Å². The maximum absolute atomic E-state index is 12.0. The largest absolute Gasteiger partial charge is 0.508 e. The van der Waals surface area contributed by atoms with E-state index in [2.05, 4.69) is 0 Å². The summed E-state index contributed by atoms with van der Waals surface area (Å²) in [4.78, 5) is 0.492. The van der Waals surface area contributed by atoms with Crippen molar-refractivity contribution in [2.45, 2.75) is 24.3 Å². The average molecular weight is 239 g/mol. The number of aromatic hydroxyl groups is 1. The Hall–Kier alpha value is -1.33. The van der Waals surface area contributed by atoms with Crippen LogP contribution in [0.1, 0.15) is 18.9 Å². The van der Waals surface area contributed by atoms with E-state index in [9.17, 15) is 13.5 Å². The number of benzene rings is 1. The average Bonchev–Trinajstić information content (AvgIpc) is 2.40. The van der Waals surface area contributed by atoms with Crippen molar-refractivity contribution < 1.29 is 13.5 Å². The Morgan fingerprint density at radius 1 is 1.44 bits per heavy atom. The third kappa shape index (κ3) is 1.72. The Balaban J connectivity index is 2.52. The van der Waals surface area contributed by atoms with Crippen molar-refractivity contribution in [3.8, 4) is 5.75 Å². The summed E-state index contributed by atoms with van der Waals surface area (Å²) in [7, 11) is -3.44. The molecule has 0 saturated carbocycles. The molecule has 3 N–H and O–H groups in total. The highest BCUT2D eigenvalue weighted by Gasteiger charge is 2.29. The number of nitrogens with two attached hydrogens (primary N) is 1. The van der Waals surface area contributed by atoms with Gasteiger partial charge < -0.3 is 10.8 Å². The highest BCUT2D eigenvalue weighted by molar-refractivity contribution is 7.95. The Morgan fingerprint density at radius 2 is 2.12 bits per heavy atom. The Morgan fingerprint density at radius 3 is 2.75 bits per heavy atom. The van der Waals surface area contributed by atoms with Crippen LogP contribution in [0.25, 0.3) is 6.08 Å². The Kier molecular flexibility index (Phi) is 2.52. The van der Waals surface area contributed by atoms with Crippen molar-refractivity contribution in [1.82, 2.24) is 0 Å². The van der Waals surface area contributed by atoms with Crippen LogP contribution in [0.5, 0.6) is 5.75 Å². The molecule has 1 aliphatic heterocycles. The van der Waals surface area contributed by atoms with Gasteiger partial charge in [0.2, 0.25) is 9.84 Å². The van der Waals surface area contributed by atoms with E-state index in [-0.39, 0.29) is 16.7 Å². The van der Waals surface area contributed by atoms with Crippen LogP contribution < -0.4 is 5.73 Å². The van der Waals surface area contributed by atoms with Gasteiger partial charge in [0.05, 0.1) is 9.80 Å². The lowest BCUT2D eigenvalue weighted by atomic mass is 10.1. The van der Waals surface area contributed by atoms with Gasteiger partial charge in [-0.2, -0.15) is 0 Å². The van der Waals surface area contributed by atoms with Gasteiger partial charge in [0, 0.05) is 6.04 Å². The lowest BCUT2D eigenvalue weighted by Crippen LogP contribution is -2.17. The molecule has 0 saturated heterocycles. The first-order valence-corrected chi connectivity index (χ1v) is 6.44. The monoisotopic (exact) mass is 239 g/mol. The molecule has 86 valence electrons. The maximum Gasteiger partial charge on any atom is 0.203 e. The molecule has 1 aromatic carbocycles. The molecule has 1 aliphatic rings. The normalized spacial score (nSPS) is 19.0. The fourth-order valence-corrected chi connectivity index (χ4v) is 3.51. The fourth-order valence-electron chi connectivity index (χ4n) is 1.75. The standard InChI is InChI=1S/C11H13NO3S/c1-7(12)4-10-5-8-2-3-9(13)6-11(8)16(10,14)15/h2-3,5-7,13H,4,12H2,1H3. The number of fused-ring (bicyclic) bond motifs is 1. The minimum absolute atomic E-state index is 0.0437. The van der Waals surface area contributed by atoms with Gasteiger partial charge in [0.1, 0.15) is 5.75 Å². The topological polar surface area (TPSA) is 80.4 Å². The molecule has 4 nitrogen and oxygen atoms in total. The van der Waals surface area contributed by atoms with Gasteiger partial charge in [-0.3, -0.25) is 0 Å². The summed E-state index contributed by atoms with van der Waals surface area (Å²) in [6.45, 7) is 1.76. The molecule has 0 spiro atoms. The molecule has 2 rings (SSSR count). The van der Waals surface area contributed by atoms with E-state index in [1.165, 1.54) is 12.1 Å². The summed E-state index contributed by atoms with van der Waals surface area (Å²) in [5.41, 5.74) is 6.22. The molecular weight excluding hydrogens is 226 g/mol. The van der Waals surface area contributed by atoms with Crippen molar-refractivity contribution in [2.75, 3.05) is 0 Å². The lowest BCUT2D eigenvalue weighted by Gasteiger charge is -2.06. The van der Waals surface area contributed by atoms with E-state index in [0.717, 1.165) is 0 Å². The molecule has 1 heterocycles. The third-order valence-electron chi connectivity index (χ3n) is 2.47. The summed E-state index contributed by atoms with van der Waals surface area (Å²) in [6, 6.07) is 4.13. The quantitative estimate of drug-likeness (QED) is 0.814. The zero-order valence-corrected chi connectivity index (χ0v) is 9.66. The minimum atomic E-state index is -3.44. The zero-order chi connectivity index (χ0) is 11.9.